The standard InChI is InChI=1S/C24H19F7N4O3/c1-12(14-4-7-16(22(37)38)17(25)10-14)32-20(36)18-19(24(29,30)31)33-35-9-8-34(21(18)35)11-13-2-5-15(6-3-13)23(26,27)28/h2-7,10,12H,8-9,11H2,1H3,(H,32,36)(H,37,38)/t12-/m0/s1. The molecule has 0 saturated carbocycles. The van der Waals surface area contributed by atoms with Crippen molar-refractivity contribution in [3.8, 4) is 0 Å². The van der Waals surface area contributed by atoms with Crippen LogP contribution < -0.4 is 10.2 Å². The van der Waals surface area contributed by atoms with Gasteiger partial charge in [0.05, 0.1) is 23.7 Å². The highest BCUT2D eigenvalue weighted by Crippen LogP contribution is 2.39. The first-order chi connectivity index (χ1) is 17.7. The number of alkyl halides is 6. The summed E-state index contributed by atoms with van der Waals surface area (Å²) >= 11 is 0. The number of nitrogens with one attached hydrogen (secondary N) is 1. The van der Waals surface area contributed by atoms with Crippen molar-refractivity contribution in [3.63, 3.8) is 0 Å². The molecule has 38 heavy (non-hydrogen) atoms. The van der Waals surface area contributed by atoms with Gasteiger partial charge in [0.25, 0.3) is 5.91 Å². The van der Waals surface area contributed by atoms with Crippen molar-refractivity contribution in [2.24, 2.45) is 0 Å². The molecule has 0 bridgehead atoms. The number of halogens is 7. The maximum Gasteiger partial charge on any atom is 0.436 e. The highest BCUT2D eigenvalue weighted by Gasteiger charge is 2.44. The van der Waals surface area contributed by atoms with E-state index in [9.17, 15) is 40.3 Å². The first-order valence-corrected chi connectivity index (χ1v) is 11.1. The van der Waals surface area contributed by atoms with Crippen LogP contribution in [0.15, 0.2) is 42.5 Å². The number of carbonyl (C=O) groups excluding carboxylic acids is 1. The Balaban J connectivity index is 1.63. The summed E-state index contributed by atoms with van der Waals surface area (Å²) in [6.45, 7) is 1.45. The van der Waals surface area contributed by atoms with Crippen LogP contribution in [0.25, 0.3) is 0 Å². The zero-order valence-electron chi connectivity index (χ0n) is 19.5. The monoisotopic (exact) mass is 544 g/mol. The normalized spacial score (nSPS) is 14.4. The average Bonchev–Trinajstić information content (AvgIpc) is 3.38. The molecule has 1 aliphatic rings. The molecule has 202 valence electrons. The van der Waals surface area contributed by atoms with E-state index in [4.69, 9.17) is 5.11 Å². The predicted octanol–water partition coefficient (Wildman–Crippen LogP) is 5.27. The van der Waals surface area contributed by atoms with Crippen LogP contribution in [0.1, 0.15) is 56.1 Å². The van der Waals surface area contributed by atoms with E-state index in [1.54, 1.807) is 0 Å². The molecule has 0 spiro atoms. The van der Waals surface area contributed by atoms with Crippen molar-refractivity contribution in [1.29, 1.82) is 0 Å². The number of aromatic carboxylic acids is 1. The van der Waals surface area contributed by atoms with E-state index in [0.717, 1.165) is 28.9 Å². The summed E-state index contributed by atoms with van der Waals surface area (Å²) in [6.07, 6.45) is -9.55. The third-order valence-corrected chi connectivity index (χ3v) is 6.03. The second-order valence-corrected chi connectivity index (χ2v) is 8.62. The first kappa shape index (κ1) is 26.9. The van der Waals surface area contributed by atoms with E-state index >= 15 is 0 Å². The van der Waals surface area contributed by atoms with Gasteiger partial charge in [0.15, 0.2) is 5.69 Å². The van der Waals surface area contributed by atoms with Crippen LogP contribution in [0.4, 0.5) is 36.6 Å². The van der Waals surface area contributed by atoms with Gasteiger partial charge in [0, 0.05) is 13.1 Å². The van der Waals surface area contributed by atoms with Gasteiger partial charge in [0.1, 0.15) is 17.2 Å². The predicted molar refractivity (Wildman–Crippen MR) is 119 cm³/mol. The van der Waals surface area contributed by atoms with Crippen molar-refractivity contribution < 1.29 is 45.4 Å². The highest BCUT2D eigenvalue weighted by molar-refractivity contribution is 6.01. The van der Waals surface area contributed by atoms with Crippen molar-refractivity contribution in [3.05, 3.63) is 81.8 Å². The molecule has 0 radical (unpaired) electrons. The first-order valence-electron chi connectivity index (χ1n) is 11.1. The summed E-state index contributed by atoms with van der Waals surface area (Å²) in [4.78, 5) is 25.6. The van der Waals surface area contributed by atoms with Gasteiger partial charge in [-0.3, -0.25) is 4.79 Å². The van der Waals surface area contributed by atoms with E-state index in [-0.39, 0.29) is 31.0 Å². The van der Waals surface area contributed by atoms with Crippen LogP contribution in [-0.2, 0) is 25.4 Å². The van der Waals surface area contributed by atoms with Crippen LogP contribution in [0.2, 0.25) is 0 Å². The zero-order chi connectivity index (χ0) is 28.0. The Morgan fingerprint density at radius 3 is 2.24 bits per heavy atom. The lowest BCUT2D eigenvalue weighted by Crippen LogP contribution is -2.31. The fraction of sp³-hybridized carbons (Fsp3) is 0.292. The third kappa shape index (κ3) is 5.29. The van der Waals surface area contributed by atoms with Crippen molar-refractivity contribution in [2.75, 3.05) is 11.4 Å². The van der Waals surface area contributed by atoms with Crippen LogP contribution >= 0.6 is 0 Å². The molecule has 2 heterocycles. The number of carboxylic acids is 1. The van der Waals surface area contributed by atoms with Gasteiger partial charge in [-0.25, -0.2) is 13.9 Å². The molecule has 0 aliphatic carbocycles. The Bertz CT molecular complexity index is 1380. The van der Waals surface area contributed by atoms with Gasteiger partial charge < -0.3 is 15.3 Å². The van der Waals surface area contributed by atoms with E-state index < -0.39 is 58.5 Å². The molecule has 14 heteroatoms. The van der Waals surface area contributed by atoms with E-state index in [0.29, 0.717) is 5.56 Å². The number of fused-ring (bicyclic) bond motifs is 1. The molecule has 0 fully saturated rings. The quantitative estimate of drug-likeness (QED) is 0.413. The molecule has 2 aromatic carbocycles. The maximum absolute atomic E-state index is 14.1. The summed E-state index contributed by atoms with van der Waals surface area (Å²) in [5.74, 6) is -3.91. The number of rotatable bonds is 6. The van der Waals surface area contributed by atoms with E-state index in [1.807, 2.05) is 0 Å². The number of carboxylic acid groups (broad SMARTS) is 1. The fourth-order valence-electron chi connectivity index (χ4n) is 4.16. The Labute approximate surface area is 210 Å². The summed E-state index contributed by atoms with van der Waals surface area (Å²) in [5.41, 5.74) is -3.23. The number of nitrogens with zero attached hydrogens (tertiary/aromatic N) is 3. The van der Waals surface area contributed by atoms with Gasteiger partial charge in [-0.2, -0.15) is 31.4 Å². The average molecular weight is 544 g/mol. The largest absolute Gasteiger partial charge is 0.478 e. The molecular weight excluding hydrogens is 525 g/mol. The second kappa shape index (κ2) is 9.65. The molecular formula is C24H19F7N4O3. The lowest BCUT2D eigenvalue weighted by molar-refractivity contribution is -0.142. The number of anilines is 1. The topological polar surface area (TPSA) is 87.5 Å². The molecule has 1 atom stereocenters. The van der Waals surface area contributed by atoms with Gasteiger partial charge in [-0.05, 0) is 42.3 Å². The zero-order valence-corrected chi connectivity index (χ0v) is 19.5. The van der Waals surface area contributed by atoms with Crippen LogP contribution in [0.5, 0.6) is 0 Å². The lowest BCUT2D eigenvalue weighted by Gasteiger charge is -2.21. The Morgan fingerprint density at radius 1 is 1.03 bits per heavy atom. The minimum atomic E-state index is -5.00. The molecule has 7 nitrogen and oxygen atoms in total. The second-order valence-electron chi connectivity index (χ2n) is 8.62. The minimum Gasteiger partial charge on any atom is -0.478 e. The van der Waals surface area contributed by atoms with Gasteiger partial charge >= 0.3 is 18.3 Å². The molecule has 2 N–H and O–H groups in total. The third-order valence-electron chi connectivity index (χ3n) is 6.03. The smallest absolute Gasteiger partial charge is 0.436 e. The molecule has 4 rings (SSSR count). The number of carbonyl (C=O) groups is 2. The molecule has 1 aromatic heterocycles. The number of amides is 1. The van der Waals surface area contributed by atoms with Gasteiger partial charge in [-0.15, -0.1) is 0 Å². The number of hydrogen-bond donors (Lipinski definition) is 2. The Hall–Kier alpha value is -4.10. The van der Waals surface area contributed by atoms with E-state index in [2.05, 4.69) is 10.4 Å². The van der Waals surface area contributed by atoms with Crippen LogP contribution in [-0.4, -0.2) is 33.3 Å². The fourth-order valence-corrected chi connectivity index (χ4v) is 4.16. The number of hydrogen-bond acceptors (Lipinski definition) is 4. The molecule has 3 aromatic rings. The molecule has 1 aliphatic heterocycles. The summed E-state index contributed by atoms with van der Waals surface area (Å²) in [5, 5.41) is 14.9. The highest BCUT2D eigenvalue weighted by atomic mass is 19.4. The van der Waals surface area contributed by atoms with Crippen LogP contribution in [0, 0.1) is 5.82 Å². The summed E-state index contributed by atoms with van der Waals surface area (Å²) < 4.78 is 95.1. The Kier molecular flexibility index (Phi) is 6.84. The molecule has 1 amide bonds. The lowest BCUT2D eigenvalue weighted by atomic mass is 10.0. The summed E-state index contributed by atoms with van der Waals surface area (Å²) in [6, 6.07) is 6.15. The minimum absolute atomic E-state index is 0.00371. The SMILES string of the molecule is C[C@H](NC(=O)c1c(C(F)(F)F)nn2c1N(Cc1ccc(C(F)(F)F)cc1)CC2)c1ccc(C(=O)O)c(F)c1. The van der Waals surface area contributed by atoms with Crippen molar-refractivity contribution >= 4 is 17.7 Å². The number of benzene rings is 2. The molecule has 0 saturated heterocycles. The van der Waals surface area contributed by atoms with Gasteiger partial charge in [0.2, 0.25) is 0 Å². The summed E-state index contributed by atoms with van der Waals surface area (Å²) in [7, 11) is 0. The molecule has 0 unspecified atom stereocenters. The van der Waals surface area contributed by atoms with Crippen LogP contribution in [0.3, 0.4) is 0 Å². The van der Waals surface area contributed by atoms with Crippen molar-refractivity contribution in [1.82, 2.24) is 15.1 Å². The van der Waals surface area contributed by atoms with Crippen molar-refractivity contribution in [2.45, 2.75) is 38.4 Å². The van der Waals surface area contributed by atoms with Gasteiger partial charge in [-0.1, -0.05) is 18.2 Å². The Morgan fingerprint density at radius 2 is 1.68 bits per heavy atom. The number of aromatic nitrogens is 2. The van der Waals surface area contributed by atoms with E-state index in [1.165, 1.54) is 30.0 Å². The maximum atomic E-state index is 14.1.